The number of nitrogens with zero attached hydrogens (tertiary/aromatic N) is 1. The molecule has 1 unspecified atom stereocenters. The lowest BCUT2D eigenvalue weighted by molar-refractivity contribution is 0.227. The van der Waals surface area contributed by atoms with Gasteiger partial charge in [-0.1, -0.05) is 11.6 Å². The first-order valence-electron chi connectivity index (χ1n) is 2.23. The standard InChI is InChI=1S/C4H4Cl2N2O/c5-2-1-7-4(6)8-3(2)9/h1,3,9H,(H,7,8). The van der Waals surface area contributed by atoms with Gasteiger partial charge in [-0.2, -0.15) is 0 Å². The van der Waals surface area contributed by atoms with Crippen molar-refractivity contribution in [2.75, 3.05) is 0 Å². The molecule has 1 aliphatic rings. The number of hydrogen-bond acceptors (Lipinski definition) is 3. The van der Waals surface area contributed by atoms with E-state index in [4.69, 9.17) is 28.3 Å². The molecule has 0 spiro atoms. The SMILES string of the molecule is OC1N=C(Cl)NC=C1Cl. The Morgan fingerprint density at radius 2 is 2.33 bits per heavy atom. The number of nitrogens with one attached hydrogen (secondary N) is 1. The van der Waals surface area contributed by atoms with Gasteiger partial charge in [0.05, 0.1) is 5.03 Å². The second-order valence-electron chi connectivity index (χ2n) is 1.47. The van der Waals surface area contributed by atoms with E-state index in [2.05, 4.69) is 10.3 Å². The summed E-state index contributed by atoms with van der Waals surface area (Å²) < 4.78 is 0. The van der Waals surface area contributed by atoms with Gasteiger partial charge in [-0.15, -0.1) is 0 Å². The summed E-state index contributed by atoms with van der Waals surface area (Å²) in [6.07, 6.45) is 0.391. The second-order valence-corrected chi connectivity index (χ2v) is 2.26. The van der Waals surface area contributed by atoms with Gasteiger partial charge in [0.15, 0.2) is 11.5 Å². The van der Waals surface area contributed by atoms with Gasteiger partial charge in [-0.25, -0.2) is 4.99 Å². The Hall–Kier alpha value is -0.250. The molecule has 0 fully saturated rings. The van der Waals surface area contributed by atoms with Gasteiger partial charge in [0.1, 0.15) is 0 Å². The lowest BCUT2D eigenvalue weighted by atomic mass is 10.5. The number of halogens is 2. The van der Waals surface area contributed by atoms with Gasteiger partial charge in [0.2, 0.25) is 0 Å². The molecule has 0 aromatic carbocycles. The Kier molecular flexibility index (Phi) is 1.95. The highest BCUT2D eigenvalue weighted by Crippen LogP contribution is 2.11. The highest BCUT2D eigenvalue weighted by atomic mass is 35.5. The summed E-state index contributed by atoms with van der Waals surface area (Å²) in [5, 5.41) is 11.7. The monoisotopic (exact) mass is 166 g/mol. The molecule has 1 heterocycles. The van der Waals surface area contributed by atoms with Crippen LogP contribution in [0.25, 0.3) is 0 Å². The average Bonchev–Trinajstić information content (AvgIpc) is 1.80. The van der Waals surface area contributed by atoms with Crippen LogP contribution in [0.4, 0.5) is 0 Å². The molecular weight excluding hydrogens is 163 g/mol. The molecule has 0 saturated carbocycles. The second kappa shape index (κ2) is 2.56. The Bertz CT molecular complexity index is 177. The van der Waals surface area contributed by atoms with Crippen molar-refractivity contribution in [2.24, 2.45) is 4.99 Å². The van der Waals surface area contributed by atoms with E-state index in [1.54, 1.807) is 0 Å². The van der Waals surface area contributed by atoms with E-state index < -0.39 is 6.23 Å². The number of amidine groups is 1. The van der Waals surface area contributed by atoms with E-state index >= 15 is 0 Å². The Labute approximate surface area is 62.0 Å². The van der Waals surface area contributed by atoms with Gasteiger partial charge in [0, 0.05) is 6.20 Å². The van der Waals surface area contributed by atoms with Crippen molar-refractivity contribution < 1.29 is 5.11 Å². The zero-order valence-electron chi connectivity index (χ0n) is 4.31. The Balaban J connectivity index is 2.70. The number of rotatable bonds is 0. The smallest absolute Gasteiger partial charge is 0.198 e. The molecule has 0 bridgehead atoms. The molecule has 1 atom stereocenters. The summed E-state index contributed by atoms with van der Waals surface area (Å²) >= 11 is 10.8. The van der Waals surface area contributed by atoms with Gasteiger partial charge in [-0.3, -0.25) is 0 Å². The molecule has 0 aromatic rings. The molecule has 0 saturated heterocycles. The maximum atomic E-state index is 8.84. The highest BCUT2D eigenvalue weighted by molar-refractivity contribution is 6.65. The predicted molar refractivity (Wildman–Crippen MR) is 36.4 cm³/mol. The lowest BCUT2D eigenvalue weighted by Gasteiger charge is -2.10. The van der Waals surface area contributed by atoms with Crippen LogP contribution in [0.3, 0.4) is 0 Å². The highest BCUT2D eigenvalue weighted by Gasteiger charge is 2.11. The predicted octanol–water partition coefficient (Wildman–Crippen LogP) is 0.583. The third kappa shape index (κ3) is 1.58. The fourth-order valence-corrected chi connectivity index (χ4v) is 0.660. The molecule has 1 rings (SSSR count). The maximum absolute atomic E-state index is 8.84. The van der Waals surface area contributed by atoms with E-state index in [1.165, 1.54) is 6.20 Å². The molecular formula is C4H4Cl2N2O. The molecule has 0 aliphatic carbocycles. The minimum atomic E-state index is -1.000. The van der Waals surface area contributed by atoms with Crippen LogP contribution >= 0.6 is 23.2 Å². The van der Waals surface area contributed by atoms with Crippen molar-refractivity contribution >= 4 is 28.5 Å². The summed E-state index contributed by atoms with van der Waals surface area (Å²) in [7, 11) is 0. The molecule has 0 aromatic heterocycles. The summed E-state index contributed by atoms with van der Waals surface area (Å²) in [6, 6.07) is 0. The molecule has 9 heavy (non-hydrogen) atoms. The van der Waals surface area contributed by atoms with Gasteiger partial charge < -0.3 is 10.4 Å². The summed E-state index contributed by atoms with van der Waals surface area (Å²) in [6.45, 7) is 0. The Morgan fingerprint density at radius 1 is 1.67 bits per heavy atom. The average molecular weight is 167 g/mol. The molecule has 50 valence electrons. The minimum Gasteiger partial charge on any atom is -0.367 e. The first-order chi connectivity index (χ1) is 4.20. The van der Waals surface area contributed by atoms with E-state index in [1.807, 2.05) is 0 Å². The van der Waals surface area contributed by atoms with E-state index in [9.17, 15) is 0 Å². The molecule has 0 amide bonds. The van der Waals surface area contributed by atoms with Crippen LogP contribution in [0, 0.1) is 0 Å². The van der Waals surface area contributed by atoms with E-state index in [-0.39, 0.29) is 10.3 Å². The van der Waals surface area contributed by atoms with Gasteiger partial charge in [0.25, 0.3) is 0 Å². The normalized spacial score (nSPS) is 26.3. The Morgan fingerprint density at radius 3 is 2.78 bits per heavy atom. The summed E-state index contributed by atoms with van der Waals surface area (Å²) in [5.41, 5.74) is 0. The third-order valence-corrected chi connectivity index (χ3v) is 1.32. The van der Waals surface area contributed by atoms with E-state index in [0.29, 0.717) is 0 Å². The van der Waals surface area contributed by atoms with Crippen LogP contribution in [0.15, 0.2) is 16.2 Å². The van der Waals surface area contributed by atoms with Crippen molar-refractivity contribution in [1.29, 1.82) is 0 Å². The van der Waals surface area contributed by atoms with Gasteiger partial charge in [-0.05, 0) is 11.6 Å². The lowest BCUT2D eigenvalue weighted by Crippen LogP contribution is -2.21. The topological polar surface area (TPSA) is 44.6 Å². The van der Waals surface area contributed by atoms with Crippen LogP contribution in [-0.4, -0.2) is 16.6 Å². The van der Waals surface area contributed by atoms with Crippen molar-refractivity contribution in [1.82, 2.24) is 5.32 Å². The number of aliphatic imine (C=N–C) groups is 1. The summed E-state index contributed by atoms with van der Waals surface area (Å²) in [5.74, 6) is 0. The van der Waals surface area contributed by atoms with Gasteiger partial charge >= 0.3 is 0 Å². The largest absolute Gasteiger partial charge is 0.367 e. The molecule has 0 radical (unpaired) electrons. The third-order valence-electron chi connectivity index (χ3n) is 0.811. The quantitative estimate of drug-likeness (QED) is 0.518. The van der Waals surface area contributed by atoms with Crippen LogP contribution in [0.1, 0.15) is 0 Å². The molecule has 5 heteroatoms. The van der Waals surface area contributed by atoms with Crippen molar-refractivity contribution in [3.63, 3.8) is 0 Å². The minimum absolute atomic E-state index is 0.145. The van der Waals surface area contributed by atoms with Crippen LogP contribution in [0.2, 0.25) is 0 Å². The molecule has 1 aliphatic heterocycles. The zero-order valence-corrected chi connectivity index (χ0v) is 5.82. The van der Waals surface area contributed by atoms with Crippen molar-refractivity contribution in [3.05, 3.63) is 11.2 Å². The summed E-state index contributed by atoms with van der Waals surface area (Å²) in [4.78, 5) is 3.49. The maximum Gasteiger partial charge on any atom is 0.198 e. The fraction of sp³-hybridized carbons (Fsp3) is 0.250. The fourth-order valence-electron chi connectivity index (χ4n) is 0.409. The van der Waals surface area contributed by atoms with Crippen LogP contribution in [-0.2, 0) is 0 Å². The first-order valence-corrected chi connectivity index (χ1v) is 2.99. The zero-order chi connectivity index (χ0) is 6.85. The van der Waals surface area contributed by atoms with E-state index in [0.717, 1.165) is 0 Å². The number of hydrogen-bond donors (Lipinski definition) is 2. The molecule has 3 nitrogen and oxygen atoms in total. The first kappa shape index (κ1) is 6.86. The number of aliphatic hydroxyl groups excluding tert-OH is 1. The van der Waals surface area contributed by atoms with Crippen LogP contribution in [0.5, 0.6) is 0 Å². The molecule has 2 N–H and O–H groups in total. The number of aliphatic hydroxyl groups is 1. The van der Waals surface area contributed by atoms with Crippen molar-refractivity contribution in [3.8, 4) is 0 Å². The van der Waals surface area contributed by atoms with Crippen LogP contribution < -0.4 is 5.32 Å². The van der Waals surface area contributed by atoms with Crippen molar-refractivity contribution in [2.45, 2.75) is 6.23 Å².